The monoisotopic (exact) mass is 208 g/mol. The molecular formula is C11H9FOS. The normalized spacial score (nSPS) is 10.4. The van der Waals surface area contributed by atoms with Crippen LogP contribution in [0.4, 0.5) is 4.39 Å². The van der Waals surface area contributed by atoms with Gasteiger partial charge in [-0.15, -0.1) is 11.3 Å². The van der Waals surface area contributed by atoms with Crippen molar-refractivity contribution in [1.29, 1.82) is 0 Å². The second-order valence-corrected chi connectivity index (χ2v) is 4.36. The van der Waals surface area contributed by atoms with Crippen LogP contribution in [0.5, 0.6) is 5.75 Å². The van der Waals surface area contributed by atoms with Crippen molar-refractivity contribution in [2.24, 2.45) is 0 Å². The van der Waals surface area contributed by atoms with Crippen LogP contribution in [0.1, 0.15) is 4.88 Å². The van der Waals surface area contributed by atoms with Crippen LogP contribution in [0.15, 0.2) is 30.3 Å². The maximum absolute atomic E-state index is 13.4. The van der Waals surface area contributed by atoms with E-state index in [0.717, 1.165) is 15.8 Å². The number of aryl methyl sites for hydroxylation is 1. The molecule has 0 aliphatic rings. The fraction of sp³-hybridized carbons (Fsp3) is 0.0909. The summed E-state index contributed by atoms with van der Waals surface area (Å²) < 4.78 is 13.4. The van der Waals surface area contributed by atoms with Crippen molar-refractivity contribution in [3.63, 3.8) is 0 Å². The Morgan fingerprint density at radius 1 is 1.21 bits per heavy atom. The molecule has 14 heavy (non-hydrogen) atoms. The van der Waals surface area contributed by atoms with Crippen molar-refractivity contribution >= 4 is 11.3 Å². The highest BCUT2D eigenvalue weighted by Gasteiger charge is 2.07. The second kappa shape index (κ2) is 3.42. The highest BCUT2D eigenvalue weighted by molar-refractivity contribution is 7.15. The largest absolute Gasteiger partial charge is 0.508 e. The fourth-order valence-corrected chi connectivity index (χ4v) is 2.18. The molecule has 0 radical (unpaired) electrons. The molecule has 0 aliphatic carbocycles. The molecule has 2 rings (SSSR count). The van der Waals surface area contributed by atoms with Crippen molar-refractivity contribution in [3.05, 3.63) is 41.0 Å². The van der Waals surface area contributed by atoms with E-state index in [1.165, 1.54) is 17.4 Å². The molecule has 1 N–H and O–H groups in total. The van der Waals surface area contributed by atoms with E-state index in [1.54, 1.807) is 6.07 Å². The van der Waals surface area contributed by atoms with Crippen LogP contribution in [-0.2, 0) is 0 Å². The van der Waals surface area contributed by atoms with E-state index in [0.29, 0.717) is 5.56 Å². The summed E-state index contributed by atoms with van der Waals surface area (Å²) in [6.45, 7) is 1.98. The Kier molecular flexibility index (Phi) is 2.25. The van der Waals surface area contributed by atoms with Crippen molar-refractivity contribution in [2.75, 3.05) is 0 Å². The van der Waals surface area contributed by atoms with Crippen molar-refractivity contribution in [2.45, 2.75) is 6.92 Å². The zero-order valence-electron chi connectivity index (χ0n) is 7.62. The molecule has 2 aromatic rings. The maximum Gasteiger partial charge on any atom is 0.135 e. The van der Waals surface area contributed by atoms with Gasteiger partial charge in [0.15, 0.2) is 0 Å². The lowest BCUT2D eigenvalue weighted by Crippen LogP contribution is -1.79. The quantitative estimate of drug-likeness (QED) is 0.759. The van der Waals surface area contributed by atoms with E-state index in [2.05, 4.69) is 0 Å². The molecule has 1 heterocycles. The molecule has 0 bridgehead atoms. The molecule has 0 fully saturated rings. The highest BCUT2D eigenvalue weighted by Crippen LogP contribution is 2.31. The minimum Gasteiger partial charge on any atom is -0.508 e. The van der Waals surface area contributed by atoms with Gasteiger partial charge in [0.1, 0.15) is 11.6 Å². The van der Waals surface area contributed by atoms with E-state index >= 15 is 0 Å². The Morgan fingerprint density at radius 2 is 2.00 bits per heavy atom. The molecule has 1 nitrogen and oxygen atoms in total. The molecule has 0 aliphatic heterocycles. The van der Waals surface area contributed by atoms with Gasteiger partial charge >= 0.3 is 0 Å². The van der Waals surface area contributed by atoms with Gasteiger partial charge in [0, 0.05) is 21.4 Å². The molecule has 0 spiro atoms. The third-order valence-corrected chi connectivity index (χ3v) is 2.99. The predicted molar refractivity (Wildman–Crippen MR) is 56.1 cm³/mol. The van der Waals surface area contributed by atoms with Gasteiger partial charge in [0.25, 0.3) is 0 Å². The third-order valence-electron chi connectivity index (χ3n) is 1.96. The van der Waals surface area contributed by atoms with Crippen molar-refractivity contribution < 1.29 is 9.50 Å². The summed E-state index contributed by atoms with van der Waals surface area (Å²) in [5.41, 5.74) is 0.542. The molecule has 0 amide bonds. The lowest BCUT2D eigenvalue weighted by molar-refractivity contribution is 0.469. The van der Waals surface area contributed by atoms with E-state index in [9.17, 15) is 4.39 Å². The molecule has 0 atom stereocenters. The van der Waals surface area contributed by atoms with Crippen LogP contribution in [0.2, 0.25) is 0 Å². The summed E-state index contributed by atoms with van der Waals surface area (Å²) in [5.74, 6) is -0.425. The van der Waals surface area contributed by atoms with Gasteiger partial charge in [0.2, 0.25) is 0 Å². The number of benzene rings is 1. The van der Waals surface area contributed by atoms with Gasteiger partial charge < -0.3 is 5.11 Å². The number of halogens is 1. The van der Waals surface area contributed by atoms with Crippen LogP contribution in [0.3, 0.4) is 0 Å². The molecule has 0 saturated carbocycles. The average molecular weight is 208 g/mol. The van der Waals surface area contributed by atoms with Gasteiger partial charge in [-0.2, -0.15) is 0 Å². The third kappa shape index (κ3) is 1.63. The first-order chi connectivity index (χ1) is 6.66. The van der Waals surface area contributed by atoms with Gasteiger partial charge in [-0.05, 0) is 31.2 Å². The first-order valence-electron chi connectivity index (χ1n) is 4.22. The number of hydrogen-bond acceptors (Lipinski definition) is 2. The van der Waals surface area contributed by atoms with Crippen LogP contribution in [-0.4, -0.2) is 5.11 Å². The smallest absolute Gasteiger partial charge is 0.135 e. The topological polar surface area (TPSA) is 20.2 Å². The van der Waals surface area contributed by atoms with Crippen LogP contribution in [0.25, 0.3) is 10.4 Å². The molecule has 0 unspecified atom stereocenters. The summed E-state index contributed by atoms with van der Waals surface area (Å²) in [4.78, 5) is 2.03. The van der Waals surface area contributed by atoms with E-state index in [1.807, 2.05) is 19.1 Å². The molecule has 72 valence electrons. The summed E-state index contributed by atoms with van der Waals surface area (Å²) in [6.07, 6.45) is 0. The van der Waals surface area contributed by atoms with E-state index < -0.39 is 0 Å². The standard InChI is InChI=1S/C11H9FOS/c1-7-2-5-11(14-7)9-4-3-8(13)6-10(9)12/h2-6,13H,1H3. The Hall–Kier alpha value is -1.35. The highest BCUT2D eigenvalue weighted by atomic mass is 32.1. The van der Waals surface area contributed by atoms with Crippen molar-refractivity contribution in [1.82, 2.24) is 0 Å². The van der Waals surface area contributed by atoms with Crippen LogP contribution >= 0.6 is 11.3 Å². The molecule has 0 saturated heterocycles. The molecule has 1 aromatic carbocycles. The summed E-state index contributed by atoms with van der Waals surface area (Å²) in [7, 11) is 0. The fourth-order valence-electron chi connectivity index (χ4n) is 1.28. The number of aromatic hydroxyl groups is 1. The van der Waals surface area contributed by atoms with Crippen LogP contribution < -0.4 is 0 Å². The van der Waals surface area contributed by atoms with Gasteiger partial charge in [-0.3, -0.25) is 0 Å². The minimum atomic E-state index is -0.383. The lowest BCUT2D eigenvalue weighted by Gasteiger charge is -1.99. The molecule has 1 aromatic heterocycles. The Morgan fingerprint density at radius 3 is 2.57 bits per heavy atom. The zero-order valence-corrected chi connectivity index (χ0v) is 8.44. The Bertz CT molecular complexity index is 462. The summed E-state index contributed by atoms with van der Waals surface area (Å²) >= 11 is 1.54. The van der Waals surface area contributed by atoms with Crippen molar-refractivity contribution in [3.8, 4) is 16.2 Å². The molecular weight excluding hydrogens is 199 g/mol. The second-order valence-electron chi connectivity index (χ2n) is 3.07. The summed E-state index contributed by atoms with van der Waals surface area (Å²) in [5, 5.41) is 9.05. The average Bonchev–Trinajstić information content (AvgIpc) is 2.51. The van der Waals surface area contributed by atoms with Gasteiger partial charge in [0.05, 0.1) is 0 Å². The van der Waals surface area contributed by atoms with Crippen LogP contribution in [0, 0.1) is 12.7 Å². The minimum absolute atomic E-state index is 0.0421. The SMILES string of the molecule is Cc1ccc(-c2ccc(O)cc2F)s1. The summed E-state index contributed by atoms with van der Waals surface area (Å²) in [6, 6.07) is 8.05. The number of hydrogen-bond donors (Lipinski definition) is 1. The maximum atomic E-state index is 13.4. The Balaban J connectivity index is 2.52. The zero-order chi connectivity index (χ0) is 10.1. The van der Waals surface area contributed by atoms with E-state index in [-0.39, 0.29) is 11.6 Å². The number of rotatable bonds is 1. The first-order valence-corrected chi connectivity index (χ1v) is 5.04. The molecule has 3 heteroatoms. The van der Waals surface area contributed by atoms with Gasteiger partial charge in [-0.25, -0.2) is 4.39 Å². The number of phenols is 1. The Labute approximate surface area is 85.5 Å². The number of phenolic OH excluding ortho intramolecular Hbond substituents is 1. The number of thiophene rings is 1. The predicted octanol–water partition coefficient (Wildman–Crippen LogP) is 3.57. The first kappa shape index (κ1) is 9.21. The van der Waals surface area contributed by atoms with E-state index in [4.69, 9.17) is 5.11 Å². The lowest BCUT2D eigenvalue weighted by atomic mass is 10.1. The van der Waals surface area contributed by atoms with Gasteiger partial charge in [-0.1, -0.05) is 0 Å².